The van der Waals surface area contributed by atoms with E-state index in [1.807, 2.05) is 0 Å². The van der Waals surface area contributed by atoms with Crippen LogP contribution in [0.3, 0.4) is 0 Å². The molecule has 0 saturated carbocycles. The number of likely N-dealkylation sites (N-methyl/N-ethyl adjacent to an activating group) is 1. The van der Waals surface area contributed by atoms with Gasteiger partial charge in [-0.3, -0.25) is 0 Å². The number of halogens is 1. The highest BCUT2D eigenvalue weighted by molar-refractivity contribution is 5.85. The lowest BCUT2D eigenvalue weighted by Crippen LogP contribution is -2.20. The Balaban J connectivity index is 0.00000176. The molecule has 0 saturated heterocycles. The van der Waals surface area contributed by atoms with Gasteiger partial charge in [0.2, 0.25) is 0 Å². The van der Waals surface area contributed by atoms with E-state index in [0.29, 0.717) is 0 Å². The Morgan fingerprint density at radius 3 is 1.91 bits per heavy atom. The second-order valence-electron chi connectivity index (χ2n) is 5.95. The number of fused-ring (bicyclic) bond motifs is 2. The average molecular weight is 318 g/mol. The second-order valence-corrected chi connectivity index (χ2v) is 5.95. The van der Waals surface area contributed by atoms with Gasteiger partial charge in [0.25, 0.3) is 0 Å². The van der Waals surface area contributed by atoms with Gasteiger partial charge in [0.15, 0.2) is 0 Å². The molecule has 1 aliphatic rings. The molecular formula is C19H24ClNO. The molecule has 2 aromatic carbocycles. The Kier molecular flexibility index (Phi) is 6.01. The molecule has 0 unspecified atom stereocenters. The van der Waals surface area contributed by atoms with Gasteiger partial charge in [-0.2, -0.15) is 0 Å². The van der Waals surface area contributed by atoms with Gasteiger partial charge in [-0.1, -0.05) is 48.5 Å². The summed E-state index contributed by atoms with van der Waals surface area (Å²) in [7, 11) is 4.16. The second kappa shape index (κ2) is 7.77. The quantitative estimate of drug-likeness (QED) is 0.848. The van der Waals surface area contributed by atoms with Crippen LogP contribution >= 0.6 is 12.4 Å². The summed E-state index contributed by atoms with van der Waals surface area (Å²) in [5.74, 6) is 0. The third-order valence-corrected chi connectivity index (χ3v) is 4.16. The molecule has 0 radical (unpaired) electrons. The maximum absolute atomic E-state index is 6.29. The lowest BCUT2D eigenvalue weighted by Gasteiger charge is -2.22. The highest BCUT2D eigenvalue weighted by atomic mass is 35.5. The molecule has 0 aliphatic heterocycles. The van der Waals surface area contributed by atoms with Crippen LogP contribution in [-0.4, -0.2) is 32.1 Å². The van der Waals surface area contributed by atoms with Crippen molar-refractivity contribution < 1.29 is 4.74 Å². The molecule has 0 N–H and O–H groups in total. The molecule has 0 atom stereocenters. The number of hydrogen-bond acceptors (Lipinski definition) is 2. The van der Waals surface area contributed by atoms with Crippen LogP contribution in [-0.2, 0) is 17.6 Å². The number of hydrogen-bond donors (Lipinski definition) is 0. The standard InChI is InChI=1S/C19H23NO.ClH/c1-20(2)13-14-21-19-17-9-5-3-7-15(17)11-12-16-8-4-6-10-18(16)19;/h3-10,19H,11-14H2,1-2H3;1H. The summed E-state index contributed by atoms with van der Waals surface area (Å²) in [6.45, 7) is 1.70. The summed E-state index contributed by atoms with van der Waals surface area (Å²) in [4.78, 5) is 2.16. The van der Waals surface area contributed by atoms with E-state index >= 15 is 0 Å². The first-order valence-corrected chi connectivity index (χ1v) is 7.67. The van der Waals surface area contributed by atoms with E-state index in [0.717, 1.165) is 26.0 Å². The predicted octanol–water partition coefficient (Wildman–Crippen LogP) is 3.87. The number of benzene rings is 2. The fourth-order valence-corrected chi connectivity index (χ4v) is 3.00. The summed E-state index contributed by atoms with van der Waals surface area (Å²) >= 11 is 0. The zero-order valence-electron chi connectivity index (χ0n) is 13.3. The smallest absolute Gasteiger partial charge is 0.108 e. The fourth-order valence-electron chi connectivity index (χ4n) is 3.00. The Hall–Kier alpha value is -1.35. The molecule has 22 heavy (non-hydrogen) atoms. The first-order chi connectivity index (χ1) is 10.3. The fraction of sp³-hybridized carbons (Fsp3) is 0.368. The van der Waals surface area contributed by atoms with Gasteiger partial charge in [0, 0.05) is 6.54 Å². The molecule has 0 fully saturated rings. The van der Waals surface area contributed by atoms with E-state index in [9.17, 15) is 0 Å². The van der Waals surface area contributed by atoms with Crippen molar-refractivity contribution in [3.8, 4) is 0 Å². The Morgan fingerprint density at radius 1 is 0.909 bits per heavy atom. The molecule has 0 spiro atoms. The molecule has 1 aliphatic carbocycles. The zero-order valence-corrected chi connectivity index (χ0v) is 14.1. The highest BCUT2D eigenvalue weighted by Gasteiger charge is 2.23. The lowest BCUT2D eigenvalue weighted by molar-refractivity contribution is 0.0683. The Bertz CT molecular complexity index is 564. The van der Waals surface area contributed by atoms with Gasteiger partial charge in [-0.25, -0.2) is 0 Å². The van der Waals surface area contributed by atoms with Crippen molar-refractivity contribution in [3.05, 3.63) is 70.8 Å². The molecule has 118 valence electrons. The van der Waals surface area contributed by atoms with Gasteiger partial charge in [0.05, 0.1) is 6.61 Å². The van der Waals surface area contributed by atoms with Gasteiger partial charge in [0.1, 0.15) is 6.10 Å². The van der Waals surface area contributed by atoms with E-state index in [1.54, 1.807) is 0 Å². The predicted molar refractivity (Wildman–Crippen MR) is 93.9 cm³/mol. The van der Waals surface area contributed by atoms with Gasteiger partial charge >= 0.3 is 0 Å². The topological polar surface area (TPSA) is 12.5 Å². The van der Waals surface area contributed by atoms with Crippen LogP contribution in [0.2, 0.25) is 0 Å². The van der Waals surface area contributed by atoms with Crippen LogP contribution in [0.25, 0.3) is 0 Å². The highest BCUT2D eigenvalue weighted by Crippen LogP contribution is 2.34. The van der Waals surface area contributed by atoms with Crippen molar-refractivity contribution in [2.24, 2.45) is 0 Å². The monoisotopic (exact) mass is 317 g/mol. The normalized spacial score (nSPS) is 14.0. The number of nitrogens with zero attached hydrogens (tertiary/aromatic N) is 1. The van der Waals surface area contributed by atoms with Crippen LogP contribution in [0.15, 0.2) is 48.5 Å². The first-order valence-electron chi connectivity index (χ1n) is 7.67. The van der Waals surface area contributed by atoms with Crippen molar-refractivity contribution in [3.63, 3.8) is 0 Å². The summed E-state index contributed by atoms with van der Waals surface area (Å²) in [6.07, 6.45) is 2.27. The summed E-state index contributed by atoms with van der Waals surface area (Å²) in [5, 5.41) is 0. The molecule has 2 aromatic rings. The molecule has 0 bridgehead atoms. The SMILES string of the molecule is CN(C)CCOC1c2ccccc2CCc2ccccc21.Cl. The van der Waals surface area contributed by atoms with E-state index in [1.165, 1.54) is 22.3 Å². The molecular weight excluding hydrogens is 294 g/mol. The van der Waals surface area contributed by atoms with Gasteiger partial charge in [-0.05, 0) is 49.2 Å². The summed E-state index contributed by atoms with van der Waals surface area (Å²) in [6, 6.07) is 17.4. The molecule has 0 aromatic heterocycles. The molecule has 0 heterocycles. The van der Waals surface area contributed by atoms with Crippen LogP contribution in [0.4, 0.5) is 0 Å². The van der Waals surface area contributed by atoms with Gasteiger partial charge < -0.3 is 9.64 Å². The number of aryl methyl sites for hydroxylation is 2. The van der Waals surface area contributed by atoms with Crippen molar-refractivity contribution in [1.82, 2.24) is 4.90 Å². The Labute approximate surface area is 139 Å². The largest absolute Gasteiger partial charge is 0.367 e. The van der Waals surface area contributed by atoms with E-state index < -0.39 is 0 Å². The molecule has 2 nitrogen and oxygen atoms in total. The zero-order chi connectivity index (χ0) is 14.7. The van der Waals surface area contributed by atoms with Crippen molar-refractivity contribution in [1.29, 1.82) is 0 Å². The average Bonchev–Trinajstić information content (AvgIpc) is 2.65. The minimum absolute atomic E-state index is 0. The van der Waals surface area contributed by atoms with Crippen molar-refractivity contribution in [2.45, 2.75) is 18.9 Å². The van der Waals surface area contributed by atoms with E-state index in [-0.39, 0.29) is 18.5 Å². The van der Waals surface area contributed by atoms with Gasteiger partial charge in [-0.15, -0.1) is 12.4 Å². The minimum atomic E-state index is 0. The third kappa shape index (κ3) is 3.70. The maximum Gasteiger partial charge on any atom is 0.108 e. The maximum atomic E-state index is 6.29. The molecule has 3 rings (SSSR count). The molecule has 0 amide bonds. The minimum Gasteiger partial charge on any atom is -0.367 e. The lowest BCUT2D eigenvalue weighted by atomic mass is 9.97. The van der Waals surface area contributed by atoms with Crippen molar-refractivity contribution >= 4 is 12.4 Å². The third-order valence-electron chi connectivity index (χ3n) is 4.16. The van der Waals surface area contributed by atoms with Crippen LogP contribution in [0.5, 0.6) is 0 Å². The number of rotatable bonds is 4. The first kappa shape index (κ1) is 17.0. The number of ether oxygens (including phenoxy) is 1. The van der Waals surface area contributed by atoms with Crippen LogP contribution < -0.4 is 0 Å². The van der Waals surface area contributed by atoms with Crippen LogP contribution in [0.1, 0.15) is 28.4 Å². The van der Waals surface area contributed by atoms with Crippen molar-refractivity contribution in [2.75, 3.05) is 27.2 Å². The summed E-state index contributed by atoms with van der Waals surface area (Å²) in [5.41, 5.74) is 5.51. The molecule has 3 heteroatoms. The van der Waals surface area contributed by atoms with Crippen LogP contribution in [0, 0.1) is 0 Å². The summed E-state index contributed by atoms with van der Waals surface area (Å²) < 4.78 is 6.29. The van der Waals surface area contributed by atoms with E-state index in [4.69, 9.17) is 4.74 Å². The Morgan fingerprint density at radius 2 is 1.41 bits per heavy atom. The van der Waals surface area contributed by atoms with E-state index in [2.05, 4.69) is 67.5 Å².